The summed E-state index contributed by atoms with van der Waals surface area (Å²) in [5.74, 6) is 0.643. The summed E-state index contributed by atoms with van der Waals surface area (Å²) < 4.78 is 0. The molecule has 25 heavy (non-hydrogen) atoms. The topological polar surface area (TPSA) is 45.8 Å². The molecule has 0 atom stereocenters. The number of hydrogen-bond donors (Lipinski definition) is 1. The Morgan fingerprint density at radius 3 is 2.52 bits per heavy atom. The highest BCUT2D eigenvalue weighted by molar-refractivity contribution is 7.99. The Morgan fingerprint density at radius 1 is 1.12 bits per heavy atom. The van der Waals surface area contributed by atoms with Gasteiger partial charge >= 0.3 is 0 Å². The zero-order valence-electron chi connectivity index (χ0n) is 15.2. The van der Waals surface area contributed by atoms with Gasteiger partial charge in [-0.05, 0) is 41.2 Å². The number of benzene rings is 2. The Balaban J connectivity index is 1.58. The Labute approximate surface area is 153 Å². The summed E-state index contributed by atoms with van der Waals surface area (Å²) in [6.45, 7) is 8.64. The summed E-state index contributed by atoms with van der Waals surface area (Å²) >= 11 is 1.47. The van der Waals surface area contributed by atoms with Crippen molar-refractivity contribution in [3.05, 3.63) is 59.2 Å². The minimum atomic E-state index is 0.137. The number of rotatable bonds is 5. The van der Waals surface area contributed by atoms with Crippen LogP contribution in [0.5, 0.6) is 0 Å². The Hall–Kier alpha value is -2.07. The number of carbonyl (C=O) groups is 1. The van der Waals surface area contributed by atoms with Crippen LogP contribution in [0.4, 0.5) is 0 Å². The lowest BCUT2D eigenvalue weighted by Gasteiger charge is -2.19. The molecule has 0 amide bonds. The van der Waals surface area contributed by atoms with E-state index < -0.39 is 0 Å². The number of carbonyl (C=O) groups excluding carboxylic acids is 1. The SMILES string of the molecule is Cc1ccc2nc(SCC(=O)Cc3ccc(C(C)(C)C)cc3)[nH]c2c1. The van der Waals surface area contributed by atoms with Gasteiger partial charge in [0, 0.05) is 6.42 Å². The van der Waals surface area contributed by atoms with Gasteiger partial charge in [-0.3, -0.25) is 4.79 Å². The first kappa shape index (κ1) is 17.7. The number of H-pyrrole nitrogens is 1. The molecule has 0 saturated heterocycles. The molecule has 130 valence electrons. The second-order valence-electron chi connectivity index (χ2n) is 7.51. The van der Waals surface area contributed by atoms with Gasteiger partial charge in [-0.15, -0.1) is 0 Å². The van der Waals surface area contributed by atoms with Crippen LogP contribution in [0.3, 0.4) is 0 Å². The van der Waals surface area contributed by atoms with Crippen molar-refractivity contribution in [3.8, 4) is 0 Å². The quantitative estimate of drug-likeness (QED) is 0.652. The molecule has 0 aliphatic heterocycles. The fraction of sp³-hybridized carbons (Fsp3) is 0.333. The number of hydrogen-bond acceptors (Lipinski definition) is 3. The van der Waals surface area contributed by atoms with Gasteiger partial charge in [-0.25, -0.2) is 4.98 Å². The van der Waals surface area contributed by atoms with Crippen LogP contribution in [-0.2, 0) is 16.6 Å². The van der Waals surface area contributed by atoms with Gasteiger partial charge in [0.25, 0.3) is 0 Å². The fourth-order valence-corrected chi connectivity index (χ4v) is 3.46. The Morgan fingerprint density at radius 2 is 1.84 bits per heavy atom. The van der Waals surface area contributed by atoms with Crippen molar-refractivity contribution >= 4 is 28.6 Å². The average Bonchev–Trinajstić information content (AvgIpc) is 2.94. The number of aromatic nitrogens is 2. The van der Waals surface area contributed by atoms with E-state index in [0.29, 0.717) is 12.2 Å². The second-order valence-corrected chi connectivity index (χ2v) is 8.48. The molecule has 0 spiro atoms. The van der Waals surface area contributed by atoms with Crippen LogP contribution >= 0.6 is 11.8 Å². The predicted molar refractivity (Wildman–Crippen MR) is 105 cm³/mol. The summed E-state index contributed by atoms with van der Waals surface area (Å²) in [6, 6.07) is 14.5. The van der Waals surface area contributed by atoms with Gasteiger partial charge < -0.3 is 4.98 Å². The molecule has 0 unspecified atom stereocenters. The molecule has 0 fully saturated rings. The number of nitrogens with one attached hydrogen (secondary N) is 1. The van der Waals surface area contributed by atoms with Crippen molar-refractivity contribution < 1.29 is 4.79 Å². The number of aryl methyl sites for hydroxylation is 1. The fourth-order valence-electron chi connectivity index (χ4n) is 2.72. The maximum atomic E-state index is 12.3. The van der Waals surface area contributed by atoms with E-state index >= 15 is 0 Å². The van der Waals surface area contributed by atoms with Gasteiger partial charge in [0.05, 0.1) is 16.8 Å². The monoisotopic (exact) mass is 352 g/mol. The molecule has 0 bridgehead atoms. The van der Waals surface area contributed by atoms with Crippen molar-refractivity contribution in [2.75, 3.05) is 5.75 Å². The number of aromatic amines is 1. The van der Waals surface area contributed by atoms with Crippen LogP contribution in [0.2, 0.25) is 0 Å². The third kappa shape index (κ3) is 4.51. The lowest BCUT2D eigenvalue weighted by Crippen LogP contribution is -2.11. The minimum absolute atomic E-state index is 0.137. The van der Waals surface area contributed by atoms with E-state index in [1.807, 2.05) is 12.1 Å². The number of thioether (sulfide) groups is 1. The molecular weight excluding hydrogens is 328 g/mol. The van der Waals surface area contributed by atoms with E-state index in [1.54, 1.807) is 0 Å². The van der Waals surface area contributed by atoms with Gasteiger partial charge in [-0.2, -0.15) is 0 Å². The number of nitrogens with zero attached hydrogens (tertiary/aromatic N) is 1. The third-order valence-corrected chi connectivity index (χ3v) is 5.14. The number of imidazole rings is 1. The lowest BCUT2D eigenvalue weighted by atomic mass is 9.86. The van der Waals surface area contributed by atoms with Crippen molar-refractivity contribution in [2.45, 2.75) is 44.7 Å². The van der Waals surface area contributed by atoms with Crippen LogP contribution in [0.15, 0.2) is 47.6 Å². The standard InChI is InChI=1S/C21H24N2OS/c1-14-5-10-18-19(11-14)23-20(22-18)25-13-17(24)12-15-6-8-16(9-7-15)21(2,3)4/h5-11H,12-13H2,1-4H3,(H,22,23). The van der Waals surface area contributed by atoms with Gasteiger partial charge in [-0.1, -0.05) is 62.9 Å². The zero-order chi connectivity index (χ0) is 18.0. The van der Waals surface area contributed by atoms with E-state index in [9.17, 15) is 4.79 Å². The summed E-state index contributed by atoms with van der Waals surface area (Å²) in [5.41, 5.74) is 5.65. The van der Waals surface area contributed by atoms with Crippen molar-refractivity contribution in [2.24, 2.45) is 0 Å². The molecule has 4 heteroatoms. The van der Waals surface area contributed by atoms with Crippen LogP contribution in [0.25, 0.3) is 11.0 Å². The van der Waals surface area contributed by atoms with Crippen LogP contribution in [0.1, 0.15) is 37.5 Å². The van der Waals surface area contributed by atoms with Crippen molar-refractivity contribution in [1.82, 2.24) is 9.97 Å². The molecular formula is C21H24N2OS. The van der Waals surface area contributed by atoms with Crippen molar-refractivity contribution in [3.63, 3.8) is 0 Å². The molecule has 0 aliphatic carbocycles. The predicted octanol–water partition coefficient (Wildman–Crippen LogP) is 5.07. The van der Waals surface area contributed by atoms with E-state index in [1.165, 1.54) is 22.9 Å². The van der Waals surface area contributed by atoms with Crippen LogP contribution in [-0.4, -0.2) is 21.5 Å². The van der Waals surface area contributed by atoms with E-state index in [4.69, 9.17) is 0 Å². The molecule has 3 aromatic rings. The normalized spacial score (nSPS) is 11.8. The summed E-state index contributed by atoms with van der Waals surface area (Å²) in [7, 11) is 0. The molecule has 1 N–H and O–H groups in total. The maximum Gasteiger partial charge on any atom is 0.166 e. The van der Waals surface area contributed by atoms with E-state index in [-0.39, 0.29) is 11.2 Å². The first-order chi connectivity index (χ1) is 11.8. The molecule has 0 radical (unpaired) electrons. The smallest absolute Gasteiger partial charge is 0.166 e. The Bertz CT molecular complexity index is 888. The summed E-state index contributed by atoms with van der Waals surface area (Å²) in [6.07, 6.45) is 0.469. The summed E-state index contributed by atoms with van der Waals surface area (Å²) in [5, 5.41) is 0.803. The molecule has 2 aromatic carbocycles. The molecule has 3 nitrogen and oxygen atoms in total. The maximum absolute atomic E-state index is 12.3. The van der Waals surface area contributed by atoms with E-state index in [0.717, 1.165) is 21.8 Å². The van der Waals surface area contributed by atoms with Gasteiger partial charge in [0.15, 0.2) is 5.16 Å². The molecule has 3 rings (SSSR count). The van der Waals surface area contributed by atoms with Crippen LogP contribution in [0, 0.1) is 6.92 Å². The highest BCUT2D eigenvalue weighted by Crippen LogP contribution is 2.23. The minimum Gasteiger partial charge on any atom is -0.333 e. The first-order valence-electron chi connectivity index (χ1n) is 8.51. The van der Waals surface area contributed by atoms with Crippen molar-refractivity contribution in [1.29, 1.82) is 0 Å². The Kier molecular flexibility index (Phi) is 5.00. The first-order valence-corrected chi connectivity index (χ1v) is 9.50. The number of Topliss-reactive ketones (excluding diaryl/α,β-unsaturated/α-hetero) is 1. The molecule has 1 aromatic heterocycles. The van der Waals surface area contributed by atoms with Crippen LogP contribution < -0.4 is 0 Å². The number of ketones is 1. The second kappa shape index (κ2) is 7.04. The van der Waals surface area contributed by atoms with E-state index in [2.05, 4.69) is 68.0 Å². The molecule has 0 aliphatic rings. The molecule has 1 heterocycles. The largest absolute Gasteiger partial charge is 0.333 e. The summed E-state index contributed by atoms with van der Waals surface area (Å²) in [4.78, 5) is 20.1. The zero-order valence-corrected chi connectivity index (χ0v) is 16.0. The van der Waals surface area contributed by atoms with Gasteiger partial charge in [0.1, 0.15) is 5.78 Å². The number of fused-ring (bicyclic) bond motifs is 1. The lowest BCUT2D eigenvalue weighted by molar-refractivity contribution is -0.116. The average molecular weight is 353 g/mol. The third-order valence-electron chi connectivity index (χ3n) is 4.21. The molecule has 0 saturated carbocycles. The highest BCUT2D eigenvalue weighted by atomic mass is 32.2. The van der Waals surface area contributed by atoms with Gasteiger partial charge in [0.2, 0.25) is 0 Å². The highest BCUT2D eigenvalue weighted by Gasteiger charge is 2.13.